The van der Waals surface area contributed by atoms with Crippen molar-refractivity contribution in [3.63, 3.8) is 0 Å². The Morgan fingerprint density at radius 2 is 1.89 bits per heavy atom. The lowest BCUT2D eigenvalue weighted by atomic mass is 10.3. The molecule has 0 saturated carbocycles. The Bertz CT molecular complexity index is 704. The quantitative estimate of drug-likeness (QED) is 0.759. The Kier molecular flexibility index (Phi) is 2.79. The maximum atomic E-state index is 13.2. The first-order valence-electron chi connectivity index (χ1n) is 5.09. The zero-order valence-corrected chi connectivity index (χ0v) is 11.4. The van der Waals surface area contributed by atoms with Crippen molar-refractivity contribution in [3.8, 4) is 0 Å². The largest absolute Gasteiger partial charge is 0.338 e. The van der Waals surface area contributed by atoms with Gasteiger partial charge in [0, 0.05) is 14.8 Å². The van der Waals surface area contributed by atoms with Gasteiger partial charge in [-0.1, -0.05) is 23.4 Å². The van der Waals surface area contributed by atoms with Gasteiger partial charge in [-0.15, -0.1) is 0 Å². The average Bonchev–Trinajstić information content (AvgIpc) is 2.30. The predicted octanol–water partition coefficient (Wildman–Crippen LogP) is 3.16. The van der Waals surface area contributed by atoms with E-state index in [2.05, 4.69) is 0 Å². The number of halogens is 2. The Morgan fingerprint density at radius 1 is 1.11 bits per heavy atom. The Labute approximate surface area is 112 Å². The molecule has 6 heteroatoms. The van der Waals surface area contributed by atoms with Crippen LogP contribution in [0.4, 0.5) is 4.39 Å². The fourth-order valence-corrected chi connectivity index (χ4v) is 5.60. The van der Waals surface area contributed by atoms with Gasteiger partial charge in [-0.05, 0) is 36.4 Å². The maximum Gasteiger partial charge on any atom is 0.261 e. The van der Waals surface area contributed by atoms with Crippen LogP contribution >= 0.6 is 30.7 Å². The molecule has 2 aromatic carbocycles. The van der Waals surface area contributed by atoms with Crippen molar-refractivity contribution in [1.29, 1.82) is 0 Å². The summed E-state index contributed by atoms with van der Waals surface area (Å²) in [5.41, 5.74) is 0. The zero-order chi connectivity index (χ0) is 12.9. The molecular weight excluding hydrogens is 294 g/mol. The van der Waals surface area contributed by atoms with Gasteiger partial charge in [0.05, 0.1) is 10.6 Å². The van der Waals surface area contributed by atoms with Gasteiger partial charge in [0.2, 0.25) is 0 Å². The van der Waals surface area contributed by atoms with Crippen molar-refractivity contribution < 1.29 is 13.8 Å². The van der Waals surface area contributed by atoms with Gasteiger partial charge < -0.3 is 4.89 Å². The normalized spacial score (nSPS) is 21.3. The number of hydrogen-bond acceptors (Lipinski definition) is 2. The zero-order valence-electron chi connectivity index (χ0n) is 8.93. The topological polar surface area (TPSA) is 37.3 Å². The number of fused-ring (bicyclic) bond motifs is 2. The van der Waals surface area contributed by atoms with Crippen LogP contribution < -0.4 is 10.6 Å². The van der Waals surface area contributed by atoms with Gasteiger partial charge in [0.1, 0.15) is 5.82 Å². The van der Waals surface area contributed by atoms with Crippen LogP contribution in [0.15, 0.2) is 46.2 Å². The molecule has 0 radical (unpaired) electrons. The fraction of sp³-hybridized carbons (Fsp3) is 0. The highest BCUT2D eigenvalue weighted by molar-refractivity contribution is 8.01. The van der Waals surface area contributed by atoms with Crippen LogP contribution in [0.3, 0.4) is 0 Å². The molecule has 92 valence electrons. The van der Waals surface area contributed by atoms with Gasteiger partial charge in [-0.2, -0.15) is 0 Å². The van der Waals surface area contributed by atoms with Crippen molar-refractivity contribution in [1.82, 2.24) is 0 Å². The summed E-state index contributed by atoms with van der Waals surface area (Å²) in [6, 6.07) is 8.66. The number of hydrogen-bond donors (Lipinski definition) is 1. The van der Waals surface area contributed by atoms with Crippen LogP contribution in [-0.2, 0) is 4.57 Å². The minimum absolute atomic E-state index is 0.155. The van der Waals surface area contributed by atoms with E-state index >= 15 is 0 Å². The second-order valence-electron chi connectivity index (χ2n) is 3.90. The standard InChI is InChI=1S/C12H7ClFO2PS/c13-7-1-3-9-12(5-7)18-11-4-2-8(14)6-10(11)17(9,15)16/h1-6H,(H,15,16). The monoisotopic (exact) mass is 300 g/mol. The third-order valence-corrected chi connectivity index (χ3v) is 6.45. The van der Waals surface area contributed by atoms with Crippen molar-refractivity contribution in [2.45, 2.75) is 9.79 Å². The van der Waals surface area contributed by atoms with Crippen LogP contribution in [0.25, 0.3) is 0 Å². The third kappa shape index (κ3) is 1.81. The molecule has 1 aliphatic rings. The molecule has 2 aromatic rings. The van der Waals surface area contributed by atoms with Crippen molar-refractivity contribution >= 4 is 41.3 Å². The summed E-state index contributed by atoms with van der Waals surface area (Å²) in [4.78, 5) is 11.5. The first-order chi connectivity index (χ1) is 8.48. The molecule has 1 aliphatic heterocycles. The van der Waals surface area contributed by atoms with Crippen molar-refractivity contribution in [2.24, 2.45) is 0 Å². The Balaban J connectivity index is 2.30. The lowest BCUT2D eigenvalue weighted by Crippen LogP contribution is -2.23. The van der Waals surface area contributed by atoms with E-state index in [-0.39, 0.29) is 5.30 Å². The van der Waals surface area contributed by atoms with Crippen LogP contribution in [0.5, 0.6) is 0 Å². The molecule has 0 bridgehead atoms. The molecule has 18 heavy (non-hydrogen) atoms. The summed E-state index contributed by atoms with van der Waals surface area (Å²) in [7, 11) is -3.73. The second kappa shape index (κ2) is 4.10. The maximum absolute atomic E-state index is 13.2. The lowest BCUT2D eigenvalue weighted by molar-refractivity contribution is 0.499. The molecule has 0 aromatic heterocycles. The van der Waals surface area contributed by atoms with Gasteiger partial charge in [0.25, 0.3) is 7.37 Å². The van der Waals surface area contributed by atoms with E-state index in [0.29, 0.717) is 20.1 Å². The fourth-order valence-electron chi connectivity index (χ4n) is 1.88. The molecule has 0 aliphatic carbocycles. The third-order valence-electron chi connectivity index (χ3n) is 2.72. The van der Waals surface area contributed by atoms with Crippen LogP contribution in [0.2, 0.25) is 5.02 Å². The first kappa shape index (κ1) is 12.2. The van der Waals surface area contributed by atoms with E-state index in [0.717, 1.165) is 6.07 Å². The highest BCUT2D eigenvalue weighted by Crippen LogP contribution is 2.50. The van der Waals surface area contributed by atoms with Crippen LogP contribution in [-0.4, -0.2) is 4.89 Å². The summed E-state index contributed by atoms with van der Waals surface area (Å²) >= 11 is 7.20. The molecule has 3 rings (SSSR count). The average molecular weight is 301 g/mol. The van der Waals surface area contributed by atoms with E-state index in [9.17, 15) is 13.8 Å². The molecule has 1 atom stereocenters. The Morgan fingerprint density at radius 3 is 2.67 bits per heavy atom. The van der Waals surface area contributed by atoms with Crippen LogP contribution in [0, 0.1) is 5.82 Å². The molecule has 0 spiro atoms. The summed E-state index contributed by atoms with van der Waals surface area (Å²) < 4.78 is 25.7. The van der Waals surface area contributed by atoms with Gasteiger partial charge in [-0.3, -0.25) is 4.57 Å². The summed E-state index contributed by atoms with van der Waals surface area (Å²) in [5.74, 6) is -0.513. The minimum Gasteiger partial charge on any atom is -0.338 e. The van der Waals surface area contributed by atoms with Crippen LogP contribution in [0.1, 0.15) is 0 Å². The van der Waals surface area contributed by atoms with Crippen molar-refractivity contribution in [2.75, 3.05) is 0 Å². The highest BCUT2D eigenvalue weighted by Gasteiger charge is 2.34. The van der Waals surface area contributed by atoms with Crippen molar-refractivity contribution in [3.05, 3.63) is 47.2 Å². The molecule has 0 saturated heterocycles. The summed E-state index contributed by atoms with van der Waals surface area (Å²) in [6.45, 7) is 0. The summed E-state index contributed by atoms with van der Waals surface area (Å²) in [5, 5.41) is 0.976. The van der Waals surface area contributed by atoms with E-state index in [1.54, 1.807) is 12.1 Å². The highest BCUT2D eigenvalue weighted by atomic mass is 35.5. The SMILES string of the molecule is O=P1(O)c2ccc(Cl)cc2Sc2ccc(F)cc21. The molecule has 1 N–H and O–H groups in total. The summed E-state index contributed by atoms with van der Waals surface area (Å²) in [6.07, 6.45) is 0. The first-order valence-corrected chi connectivity index (χ1v) is 7.95. The Hall–Kier alpha value is -0.800. The van der Waals surface area contributed by atoms with Gasteiger partial charge in [-0.25, -0.2) is 4.39 Å². The molecule has 1 unspecified atom stereocenters. The smallest absolute Gasteiger partial charge is 0.261 e. The van der Waals surface area contributed by atoms with E-state index < -0.39 is 13.2 Å². The minimum atomic E-state index is -3.73. The lowest BCUT2D eigenvalue weighted by Gasteiger charge is -2.23. The van der Waals surface area contributed by atoms with E-state index in [1.807, 2.05) is 0 Å². The number of rotatable bonds is 0. The molecule has 0 fully saturated rings. The molecule has 1 heterocycles. The predicted molar refractivity (Wildman–Crippen MR) is 71.1 cm³/mol. The molecular formula is C12H7ClFO2PS. The van der Waals surface area contributed by atoms with E-state index in [1.165, 1.54) is 30.0 Å². The molecule has 2 nitrogen and oxygen atoms in total. The van der Waals surface area contributed by atoms with E-state index in [4.69, 9.17) is 11.6 Å². The molecule has 0 amide bonds. The van der Waals surface area contributed by atoms with Gasteiger partial charge >= 0.3 is 0 Å². The van der Waals surface area contributed by atoms with Gasteiger partial charge in [0.15, 0.2) is 0 Å². The second-order valence-corrected chi connectivity index (χ2v) is 7.54. The number of benzene rings is 2.